The number of ether oxygens (including phenoxy) is 1. The Labute approximate surface area is 199 Å². The van der Waals surface area contributed by atoms with Gasteiger partial charge >= 0.3 is 6.18 Å². The lowest BCUT2D eigenvalue weighted by atomic mass is 10.0. The van der Waals surface area contributed by atoms with Crippen molar-refractivity contribution in [3.8, 4) is 11.5 Å². The molecule has 1 fully saturated rings. The van der Waals surface area contributed by atoms with Crippen molar-refractivity contribution in [3.05, 3.63) is 95.3 Å². The average molecular weight is 486 g/mol. The number of piperidine rings is 1. The molecule has 0 atom stereocenters. The molecule has 1 N–H and O–H groups in total. The summed E-state index contributed by atoms with van der Waals surface area (Å²) in [7, 11) is 0. The van der Waals surface area contributed by atoms with E-state index in [-0.39, 0.29) is 29.4 Å². The van der Waals surface area contributed by atoms with Crippen LogP contribution in [0.2, 0.25) is 0 Å². The molecule has 3 aromatic rings. The summed E-state index contributed by atoms with van der Waals surface area (Å²) in [4.78, 5) is 27.0. The van der Waals surface area contributed by atoms with E-state index >= 15 is 0 Å². The number of halogens is 4. The van der Waals surface area contributed by atoms with E-state index in [4.69, 9.17) is 4.74 Å². The number of rotatable bonds is 5. The van der Waals surface area contributed by atoms with Gasteiger partial charge < -0.3 is 15.0 Å². The maximum atomic E-state index is 13.0. The number of hydrogen-bond acceptors (Lipinski definition) is 3. The fourth-order valence-electron chi connectivity index (χ4n) is 3.84. The molecule has 0 aromatic heterocycles. The fourth-order valence-corrected chi connectivity index (χ4v) is 3.84. The Kier molecular flexibility index (Phi) is 7.04. The second-order valence-corrected chi connectivity index (χ2v) is 8.20. The SMILES string of the molecule is O=C(NC1CCN(C(=O)c2cccc(Oc3cccc(C(F)(F)F)c3)c2)CC1)c1ccc(F)cc1. The molecule has 0 spiro atoms. The number of benzene rings is 3. The molecular weight excluding hydrogens is 464 g/mol. The standard InChI is InChI=1S/C26H22F4N2O3/c27-20-9-7-17(8-10-20)24(33)31-21-11-13-32(14-12-21)25(34)18-3-1-5-22(15-18)35-23-6-2-4-19(16-23)26(28,29)30/h1-10,15-16,21H,11-14H2,(H,31,33). The number of carbonyl (C=O) groups is 2. The zero-order valence-electron chi connectivity index (χ0n) is 18.5. The molecule has 1 aliphatic heterocycles. The van der Waals surface area contributed by atoms with Crippen LogP contribution in [0, 0.1) is 5.82 Å². The zero-order valence-corrected chi connectivity index (χ0v) is 18.5. The Morgan fingerprint density at radius 2 is 1.49 bits per heavy atom. The van der Waals surface area contributed by atoms with Gasteiger partial charge in [0, 0.05) is 30.3 Å². The van der Waals surface area contributed by atoms with Gasteiger partial charge in [0.25, 0.3) is 11.8 Å². The number of carbonyl (C=O) groups excluding carboxylic acids is 2. The van der Waals surface area contributed by atoms with Crippen molar-refractivity contribution in [2.45, 2.75) is 25.1 Å². The highest BCUT2D eigenvalue weighted by Gasteiger charge is 2.30. The molecule has 0 radical (unpaired) electrons. The highest BCUT2D eigenvalue weighted by Crippen LogP contribution is 2.33. The van der Waals surface area contributed by atoms with Gasteiger partial charge in [-0.2, -0.15) is 13.2 Å². The molecule has 3 aromatic carbocycles. The highest BCUT2D eigenvalue weighted by molar-refractivity contribution is 5.95. The van der Waals surface area contributed by atoms with Crippen LogP contribution in [0.3, 0.4) is 0 Å². The lowest BCUT2D eigenvalue weighted by molar-refractivity contribution is -0.137. The minimum absolute atomic E-state index is 0.0159. The molecular formula is C26H22F4N2O3. The summed E-state index contributed by atoms with van der Waals surface area (Å²) >= 11 is 0. The first-order valence-corrected chi connectivity index (χ1v) is 11.0. The van der Waals surface area contributed by atoms with Crippen molar-refractivity contribution in [1.29, 1.82) is 0 Å². The third-order valence-corrected chi connectivity index (χ3v) is 5.70. The number of hydrogen-bond donors (Lipinski definition) is 1. The van der Waals surface area contributed by atoms with Crippen LogP contribution in [0.4, 0.5) is 17.6 Å². The van der Waals surface area contributed by atoms with Crippen molar-refractivity contribution in [2.75, 3.05) is 13.1 Å². The Morgan fingerprint density at radius 3 is 2.14 bits per heavy atom. The summed E-state index contributed by atoms with van der Waals surface area (Å²) in [6.45, 7) is 0.845. The lowest BCUT2D eigenvalue weighted by Gasteiger charge is -2.32. The summed E-state index contributed by atoms with van der Waals surface area (Å²) in [5.74, 6) is -0.687. The summed E-state index contributed by atoms with van der Waals surface area (Å²) < 4.78 is 57.4. The van der Waals surface area contributed by atoms with E-state index in [0.29, 0.717) is 37.1 Å². The monoisotopic (exact) mass is 486 g/mol. The molecule has 4 rings (SSSR count). The summed E-state index contributed by atoms with van der Waals surface area (Å²) in [5, 5.41) is 2.91. The van der Waals surface area contributed by atoms with Gasteiger partial charge in [-0.25, -0.2) is 4.39 Å². The maximum absolute atomic E-state index is 13.0. The molecule has 35 heavy (non-hydrogen) atoms. The zero-order chi connectivity index (χ0) is 25.0. The predicted molar refractivity (Wildman–Crippen MR) is 121 cm³/mol. The predicted octanol–water partition coefficient (Wildman–Crippen LogP) is 5.67. The van der Waals surface area contributed by atoms with E-state index in [9.17, 15) is 27.2 Å². The molecule has 5 nitrogen and oxygen atoms in total. The van der Waals surface area contributed by atoms with Crippen LogP contribution in [0.1, 0.15) is 39.1 Å². The maximum Gasteiger partial charge on any atom is 0.416 e. The summed E-state index contributed by atoms with van der Waals surface area (Å²) in [5.41, 5.74) is -0.109. The largest absolute Gasteiger partial charge is 0.457 e. The molecule has 1 saturated heterocycles. The number of likely N-dealkylation sites (tertiary alicyclic amines) is 1. The molecule has 1 heterocycles. The third-order valence-electron chi connectivity index (χ3n) is 5.70. The van der Waals surface area contributed by atoms with Crippen molar-refractivity contribution >= 4 is 11.8 Å². The van der Waals surface area contributed by atoms with Crippen LogP contribution in [-0.2, 0) is 6.18 Å². The van der Waals surface area contributed by atoms with Crippen LogP contribution in [-0.4, -0.2) is 35.8 Å². The number of alkyl halides is 3. The number of nitrogens with zero attached hydrogens (tertiary/aromatic N) is 1. The number of amides is 2. The van der Waals surface area contributed by atoms with E-state index in [0.717, 1.165) is 12.1 Å². The van der Waals surface area contributed by atoms with Crippen molar-refractivity contribution in [3.63, 3.8) is 0 Å². The second kappa shape index (κ2) is 10.2. The van der Waals surface area contributed by atoms with E-state index in [1.54, 1.807) is 23.1 Å². The van der Waals surface area contributed by atoms with Crippen LogP contribution in [0.15, 0.2) is 72.8 Å². The van der Waals surface area contributed by atoms with Gasteiger partial charge in [0.15, 0.2) is 0 Å². The summed E-state index contributed by atoms with van der Waals surface area (Å²) in [6.07, 6.45) is -3.38. The minimum atomic E-state index is -4.48. The van der Waals surface area contributed by atoms with Gasteiger partial charge in [-0.1, -0.05) is 12.1 Å². The Morgan fingerprint density at radius 1 is 0.857 bits per heavy atom. The van der Waals surface area contributed by atoms with E-state index in [1.165, 1.54) is 42.5 Å². The molecule has 0 bridgehead atoms. The minimum Gasteiger partial charge on any atom is -0.457 e. The van der Waals surface area contributed by atoms with E-state index < -0.39 is 17.6 Å². The van der Waals surface area contributed by atoms with Crippen LogP contribution >= 0.6 is 0 Å². The van der Waals surface area contributed by atoms with Gasteiger partial charge in [-0.05, 0) is 73.5 Å². The van der Waals surface area contributed by atoms with Crippen LogP contribution in [0.25, 0.3) is 0 Å². The first-order valence-electron chi connectivity index (χ1n) is 11.0. The normalized spacial score (nSPS) is 14.5. The van der Waals surface area contributed by atoms with E-state index in [1.807, 2.05) is 0 Å². The molecule has 0 saturated carbocycles. The third kappa shape index (κ3) is 6.17. The van der Waals surface area contributed by atoms with E-state index in [2.05, 4.69) is 5.32 Å². The number of nitrogens with one attached hydrogen (secondary N) is 1. The van der Waals surface area contributed by atoms with Gasteiger partial charge in [0.05, 0.1) is 5.56 Å². The van der Waals surface area contributed by atoms with Gasteiger partial charge in [-0.3, -0.25) is 9.59 Å². The van der Waals surface area contributed by atoms with Crippen LogP contribution in [0.5, 0.6) is 11.5 Å². The quantitative estimate of drug-likeness (QED) is 0.473. The highest BCUT2D eigenvalue weighted by atomic mass is 19.4. The first kappa shape index (κ1) is 24.3. The molecule has 2 amide bonds. The van der Waals surface area contributed by atoms with Gasteiger partial charge in [0.2, 0.25) is 0 Å². The molecule has 182 valence electrons. The average Bonchev–Trinajstić information content (AvgIpc) is 2.84. The Balaban J connectivity index is 1.34. The van der Waals surface area contributed by atoms with Crippen molar-refractivity contribution < 1.29 is 31.9 Å². The lowest BCUT2D eigenvalue weighted by Crippen LogP contribution is -2.46. The van der Waals surface area contributed by atoms with Crippen molar-refractivity contribution in [2.24, 2.45) is 0 Å². The molecule has 0 unspecified atom stereocenters. The van der Waals surface area contributed by atoms with Gasteiger partial charge in [0.1, 0.15) is 17.3 Å². The van der Waals surface area contributed by atoms with Crippen LogP contribution < -0.4 is 10.1 Å². The molecule has 1 aliphatic rings. The smallest absolute Gasteiger partial charge is 0.416 e. The Hall–Kier alpha value is -3.88. The molecule has 9 heteroatoms. The summed E-state index contributed by atoms with van der Waals surface area (Å²) in [6, 6.07) is 16.0. The van der Waals surface area contributed by atoms with Crippen molar-refractivity contribution in [1.82, 2.24) is 10.2 Å². The topological polar surface area (TPSA) is 58.6 Å². The fraction of sp³-hybridized carbons (Fsp3) is 0.231. The first-order chi connectivity index (χ1) is 16.7. The Bertz CT molecular complexity index is 1200. The molecule has 0 aliphatic carbocycles. The second-order valence-electron chi connectivity index (χ2n) is 8.20. The van der Waals surface area contributed by atoms with Gasteiger partial charge in [-0.15, -0.1) is 0 Å².